The van der Waals surface area contributed by atoms with Crippen LogP contribution in [0.25, 0.3) is 0 Å². The second-order valence-corrected chi connectivity index (χ2v) is 5.77. The zero-order valence-corrected chi connectivity index (χ0v) is 10.4. The third-order valence-corrected chi connectivity index (χ3v) is 3.85. The standard InChI is InChI=1S/C12H15NO3S/c1-2-16-12-6-4-3-5-11(12)13-10-7-8-17(14,15)9-10/h3-8,10,13H,2,9H2,1H3. The maximum absolute atomic E-state index is 11.3. The predicted molar refractivity (Wildman–Crippen MR) is 67.9 cm³/mol. The van der Waals surface area contributed by atoms with E-state index < -0.39 is 9.84 Å². The highest BCUT2D eigenvalue weighted by molar-refractivity contribution is 7.94. The average molecular weight is 253 g/mol. The van der Waals surface area contributed by atoms with E-state index >= 15 is 0 Å². The van der Waals surface area contributed by atoms with Gasteiger partial charge in [0.15, 0.2) is 9.84 Å². The van der Waals surface area contributed by atoms with E-state index in [1.165, 1.54) is 5.41 Å². The van der Waals surface area contributed by atoms with Crippen LogP contribution in [0.15, 0.2) is 35.7 Å². The van der Waals surface area contributed by atoms with Crippen molar-refractivity contribution in [1.29, 1.82) is 0 Å². The summed E-state index contributed by atoms with van der Waals surface area (Å²) in [6.07, 6.45) is 1.66. The third-order valence-electron chi connectivity index (χ3n) is 2.46. The molecular formula is C12H15NO3S. The van der Waals surface area contributed by atoms with Crippen LogP contribution in [0.5, 0.6) is 5.75 Å². The molecule has 0 saturated carbocycles. The normalized spacial score (nSPS) is 21.4. The molecule has 1 unspecified atom stereocenters. The van der Waals surface area contributed by atoms with Gasteiger partial charge >= 0.3 is 0 Å². The number of para-hydroxylation sites is 2. The zero-order valence-electron chi connectivity index (χ0n) is 9.59. The summed E-state index contributed by atoms with van der Waals surface area (Å²) in [5, 5.41) is 4.42. The van der Waals surface area contributed by atoms with Gasteiger partial charge in [0.1, 0.15) is 5.75 Å². The van der Waals surface area contributed by atoms with Crippen LogP contribution in [0.4, 0.5) is 5.69 Å². The van der Waals surface area contributed by atoms with E-state index in [-0.39, 0.29) is 11.8 Å². The monoisotopic (exact) mass is 253 g/mol. The molecule has 2 rings (SSSR count). The summed E-state index contributed by atoms with van der Waals surface area (Å²) in [4.78, 5) is 0. The number of hydrogen-bond donors (Lipinski definition) is 1. The first-order chi connectivity index (χ1) is 8.11. The van der Waals surface area contributed by atoms with Crippen molar-refractivity contribution in [2.24, 2.45) is 0 Å². The molecule has 92 valence electrons. The molecule has 1 aromatic rings. The Kier molecular flexibility index (Phi) is 3.38. The Morgan fingerprint density at radius 2 is 2.18 bits per heavy atom. The van der Waals surface area contributed by atoms with Crippen molar-refractivity contribution in [3.63, 3.8) is 0 Å². The van der Waals surface area contributed by atoms with E-state index in [1.54, 1.807) is 6.08 Å². The fraction of sp³-hybridized carbons (Fsp3) is 0.333. The van der Waals surface area contributed by atoms with Crippen LogP contribution >= 0.6 is 0 Å². The molecule has 1 atom stereocenters. The zero-order chi connectivity index (χ0) is 12.3. The molecule has 1 aromatic carbocycles. The van der Waals surface area contributed by atoms with Gasteiger partial charge in [-0.05, 0) is 19.1 Å². The lowest BCUT2D eigenvalue weighted by Crippen LogP contribution is -2.21. The first kappa shape index (κ1) is 12.0. The maximum Gasteiger partial charge on any atom is 0.173 e. The van der Waals surface area contributed by atoms with Crippen molar-refractivity contribution in [1.82, 2.24) is 0 Å². The van der Waals surface area contributed by atoms with Gasteiger partial charge in [-0.3, -0.25) is 0 Å². The summed E-state index contributed by atoms with van der Waals surface area (Å²) in [6, 6.07) is 7.33. The van der Waals surface area contributed by atoms with Crippen molar-refractivity contribution < 1.29 is 13.2 Å². The summed E-state index contributed by atoms with van der Waals surface area (Å²) in [5.74, 6) is 0.848. The highest BCUT2D eigenvalue weighted by atomic mass is 32.2. The number of sulfone groups is 1. The third kappa shape index (κ3) is 3.00. The lowest BCUT2D eigenvalue weighted by Gasteiger charge is -2.15. The van der Waals surface area contributed by atoms with E-state index in [2.05, 4.69) is 5.32 Å². The fourth-order valence-electron chi connectivity index (χ4n) is 1.73. The summed E-state index contributed by atoms with van der Waals surface area (Å²) >= 11 is 0. The molecule has 17 heavy (non-hydrogen) atoms. The molecule has 0 aliphatic carbocycles. The SMILES string of the molecule is CCOc1ccccc1NC1C=CS(=O)(=O)C1. The van der Waals surface area contributed by atoms with Gasteiger partial charge in [0.05, 0.1) is 24.1 Å². The van der Waals surface area contributed by atoms with Crippen LogP contribution in [0, 0.1) is 0 Å². The first-order valence-electron chi connectivity index (χ1n) is 5.50. The molecule has 0 saturated heterocycles. The van der Waals surface area contributed by atoms with Crippen molar-refractivity contribution >= 4 is 15.5 Å². The summed E-state index contributed by atoms with van der Waals surface area (Å²) in [7, 11) is -3.02. The molecule has 1 N–H and O–H groups in total. The minimum atomic E-state index is -3.02. The lowest BCUT2D eigenvalue weighted by molar-refractivity contribution is 0.341. The Labute approximate surface area is 101 Å². The second-order valence-electron chi connectivity index (χ2n) is 3.84. The van der Waals surface area contributed by atoms with Crippen LogP contribution in [-0.2, 0) is 9.84 Å². The Hall–Kier alpha value is -1.49. The molecule has 5 heteroatoms. The minimum absolute atomic E-state index is 0.105. The van der Waals surface area contributed by atoms with Gasteiger partial charge in [-0.15, -0.1) is 0 Å². The fourth-order valence-corrected chi connectivity index (χ4v) is 2.97. The summed E-state index contributed by atoms with van der Waals surface area (Å²) in [5.41, 5.74) is 0.820. The molecule has 4 nitrogen and oxygen atoms in total. The molecule has 0 bridgehead atoms. The van der Waals surface area contributed by atoms with Gasteiger partial charge in [0.25, 0.3) is 0 Å². The Morgan fingerprint density at radius 3 is 2.82 bits per heavy atom. The summed E-state index contributed by atoms with van der Waals surface area (Å²) in [6.45, 7) is 2.49. The quantitative estimate of drug-likeness (QED) is 0.889. The topological polar surface area (TPSA) is 55.4 Å². The van der Waals surface area contributed by atoms with Gasteiger partial charge in [-0.1, -0.05) is 18.2 Å². The van der Waals surface area contributed by atoms with Crippen LogP contribution < -0.4 is 10.1 Å². The number of rotatable bonds is 4. The van der Waals surface area contributed by atoms with Gasteiger partial charge in [-0.25, -0.2) is 8.42 Å². The first-order valence-corrected chi connectivity index (χ1v) is 7.21. The number of nitrogens with one attached hydrogen (secondary N) is 1. The summed E-state index contributed by atoms with van der Waals surface area (Å²) < 4.78 is 28.0. The van der Waals surface area contributed by atoms with Gasteiger partial charge in [0, 0.05) is 5.41 Å². The highest BCUT2D eigenvalue weighted by Gasteiger charge is 2.22. The van der Waals surface area contributed by atoms with E-state index in [4.69, 9.17) is 4.74 Å². The molecule has 0 spiro atoms. The predicted octanol–water partition coefficient (Wildman–Crippen LogP) is 1.81. The molecule has 0 aromatic heterocycles. The molecule has 0 fully saturated rings. The Balaban J connectivity index is 2.12. The van der Waals surface area contributed by atoms with Crippen molar-refractivity contribution in [3.8, 4) is 5.75 Å². The molecular weight excluding hydrogens is 238 g/mol. The average Bonchev–Trinajstić information content (AvgIpc) is 2.61. The smallest absolute Gasteiger partial charge is 0.173 e. The lowest BCUT2D eigenvalue weighted by atomic mass is 10.2. The van der Waals surface area contributed by atoms with Crippen molar-refractivity contribution in [2.45, 2.75) is 13.0 Å². The molecule has 0 radical (unpaired) electrons. The second kappa shape index (κ2) is 4.79. The van der Waals surface area contributed by atoms with Gasteiger partial charge in [-0.2, -0.15) is 0 Å². The van der Waals surface area contributed by atoms with Gasteiger partial charge < -0.3 is 10.1 Å². The van der Waals surface area contributed by atoms with Gasteiger partial charge in [0.2, 0.25) is 0 Å². The van der Waals surface area contributed by atoms with E-state index in [9.17, 15) is 8.42 Å². The largest absolute Gasteiger partial charge is 0.492 e. The van der Waals surface area contributed by atoms with E-state index in [1.807, 2.05) is 31.2 Å². The maximum atomic E-state index is 11.3. The van der Waals surface area contributed by atoms with Crippen LogP contribution in [0.3, 0.4) is 0 Å². The Bertz CT molecular complexity index is 522. The van der Waals surface area contributed by atoms with Crippen LogP contribution in [0.2, 0.25) is 0 Å². The number of benzene rings is 1. The Morgan fingerprint density at radius 1 is 1.41 bits per heavy atom. The van der Waals surface area contributed by atoms with E-state index in [0.717, 1.165) is 11.4 Å². The van der Waals surface area contributed by atoms with Crippen LogP contribution in [0.1, 0.15) is 6.92 Å². The number of anilines is 1. The highest BCUT2D eigenvalue weighted by Crippen LogP contribution is 2.25. The molecule has 0 amide bonds. The number of hydrogen-bond acceptors (Lipinski definition) is 4. The molecule has 1 aliphatic rings. The van der Waals surface area contributed by atoms with E-state index in [0.29, 0.717) is 6.61 Å². The molecule has 1 aliphatic heterocycles. The van der Waals surface area contributed by atoms with Crippen molar-refractivity contribution in [2.75, 3.05) is 17.7 Å². The molecule has 1 heterocycles. The minimum Gasteiger partial charge on any atom is -0.492 e. The number of ether oxygens (including phenoxy) is 1. The van der Waals surface area contributed by atoms with Crippen molar-refractivity contribution in [3.05, 3.63) is 35.7 Å². The van der Waals surface area contributed by atoms with Crippen LogP contribution in [-0.4, -0.2) is 26.8 Å².